The third-order valence-electron chi connectivity index (χ3n) is 2.52. The highest BCUT2D eigenvalue weighted by atomic mass is 16.1. The number of hydrogen-bond donors (Lipinski definition) is 1. The van der Waals surface area contributed by atoms with E-state index in [0.717, 1.165) is 11.1 Å². The third kappa shape index (κ3) is 3.46. The molecule has 1 rings (SSSR count). The molecular formula is C14H21NO. The molecule has 0 spiro atoms. The Kier molecular flexibility index (Phi) is 3.39. The molecule has 2 nitrogen and oxygen atoms in total. The van der Waals surface area contributed by atoms with E-state index in [2.05, 4.69) is 0 Å². The molecule has 2 heteroatoms. The predicted octanol–water partition coefficient (Wildman–Crippen LogP) is 2.48. The van der Waals surface area contributed by atoms with Crippen molar-refractivity contribution < 1.29 is 6.17 Å². The van der Waals surface area contributed by atoms with Gasteiger partial charge in [0.05, 0.1) is 7.41 Å². The van der Waals surface area contributed by atoms with E-state index in [9.17, 15) is 4.79 Å². The number of nitrogens with two attached hydrogens (primary N) is 1. The molecule has 0 amide bonds. The second-order valence-electron chi connectivity index (χ2n) is 5.34. The van der Waals surface area contributed by atoms with Gasteiger partial charge in [-0.05, 0) is 18.9 Å². The van der Waals surface area contributed by atoms with E-state index >= 15 is 0 Å². The van der Waals surface area contributed by atoms with Crippen LogP contribution in [0.4, 0.5) is 0 Å². The van der Waals surface area contributed by atoms with Gasteiger partial charge in [0.15, 0.2) is 5.78 Å². The van der Waals surface area contributed by atoms with Crippen LogP contribution in [0.25, 0.3) is 0 Å². The first-order valence-corrected chi connectivity index (χ1v) is 5.57. The molecule has 0 aromatic heterocycles. The summed E-state index contributed by atoms with van der Waals surface area (Å²) in [4.78, 5) is 12.0. The van der Waals surface area contributed by atoms with Crippen molar-refractivity contribution >= 4 is 5.78 Å². The predicted molar refractivity (Wildman–Crippen MR) is 67.3 cm³/mol. The number of carbonyl (C=O) groups excluding carboxylic acids is 1. The molecule has 1 aromatic carbocycles. The van der Waals surface area contributed by atoms with E-state index in [4.69, 9.17) is 7.10 Å². The number of rotatable bonds is 3. The molecule has 88 valence electrons. The molecule has 0 unspecified atom stereocenters. The molecule has 0 saturated heterocycles. The van der Waals surface area contributed by atoms with Gasteiger partial charge in [0.1, 0.15) is 0 Å². The van der Waals surface area contributed by atoms with Crippen molar-refractivity contribution in [2.45, 2.75) is 40.2 Å². The van der Waals surface area contributed by atoms with Gasteiger partial charge in [0.25, 0.3) is 0 Å². The lowest BCUT2D eigenvalue weighted by Gasteiger charge is -2.21. The second kappa shape index (κ2) is 4.79. The van der Waals surface area contributed by atoms with E-state index in [1.165, 1.54) is 0 Å². The molecule has 1 aromatic rings. The Morgan fingerprint density at radius 3 is 2.62 bits per heavy atom. The van der Waals surface area contributed by atoms with E-state index in [1.807, 2.05) is 33.8 Å². The number of Topliss-reactive ketones (excluding diaryl/α,β-unsaturated/α-hetero) is 1. The monoisotopic (exact) mass is 220 g/mol. The van der Waals surface area contributed by atoms with Crippen molar-refractivity contribution in [2.75, 3.05) is 0 Å². The van der Waals surface area contributed by atoms with Crippen molar-refractivity contribution in [2.24, 2.45) is 11.1 Å². The zero-order valence-corrected chi connectivity index (χ0v) is 10.5. The highest BCUT2D eigenvalue weighted by Crippen LogP contribution is 2.18. The van der Waals surface area contributed by atoms with Gasteiger partial charge in [-0.1, -0.05) is 50.6 Å². The summed E-state index contributed by atoms with van der Waals surface area (Å²) >= 11 is 0. The standard InChI is InChI=1S/C14H21NO/c1-10-6-5-7-11(8-10)9-12(15)13(16)14(2,3)4/h5-8,12H,9,15H2,1-4H3/t12-/m0/s1/i5D. The fourth-order valence-electron chi connectivity index (χ4n) is 1.68. The quantitative estimate of drug-likeness (QED) is 0.850. The molecule has 16 heavy (non-hydrogen) atoms. The summed E-state index contributed by atoms with van der Waals surface area (Å²) in [6.07, 6.45) is 0.504. The van der Waals surface area contributed by atoms with Crippen LogP contribution in [0, 0.1) is 12.3 Å². The zero-order valence-electron chi connectivity index (χ0n) is 11.5. The van der Waals surface area contributed by atoms with E-state index in [0.29, 0.717) is 12.5 Å². The highest BCUT2D eigenvalue weighted by molar-refractivity contribution is 5.88. The van der Waals surface area contributed by atoms with Crippen LogP contribution in [0.3, 0.4) is 0 Å². The van der Waals surface area contributed by atoms with Crippen LogP contribution in [0.15, 0.2) is 24.2 Å². The first-order valence-electron chi connectivity index (χ1n) is 6.07. The topological polar surface area (TPSA) is 43.1 Å². The minimum Gasteiger partial charge on any atom is -0.321 e. The number of carbonyl (C=O) groups is 1. The van der Waals surface area contributed by atoms with Crippen LogP contribution in [-0.2, 0) is 11.2 Å². The van der Waals surface area contributed by atoms with E-state index in [1.54, 1.807) is 12.1 Å². The van der Waals surface area contributed by atoms with Crippen LogP contribution in [0.5, 0.6) is 0 Å². The van der Waals surface area contributed by atoms with Gasteiger partial charge in [0.2, 0.25) is 0 Å². The SMILES string of the molecule is [2H]c1cc(C)cc(C[C@H](N)C(=O)C(C)(C)C)c1. The Morgan fingerprint density at radius 2 is 2.12 bits per heavy atom. The summed E-state index contributed by atoms with van der Waals surface area (Å²) in [5.41, 5.74) is 7.50. The summed E-state index contributed by atoms with van der Waals surface area (Å²) in [6, 6.07) is 5.52. The van der Waals surface area contributed by atoms with Gasteiger partial charge in [-0.3, -0.25) is 4.79 Å². The molecular weight excluding hydrogens is 198 g/mol. The maximum Gasteiger partial charge on any atom is 0.155 e. The first kappa shape index (κ1) is 11.3. The average molecular weight is 220 g/mol. The summed E-state index contributed by atoms with van der Waals surface area (Å²) in [5.74, 6) is 0.0607. The molecule has 0 heterocycles. The molecule has 0 aliphatic rings. The number of benzene rings is 1. The summed E-state index contributed by atoms with van der Waals surface area (Å²) in [7, 11) is 0. The first-order chi connectivity index (χ1) is 7.70. The Hall–Kier alpha value is -1.15. The minimum atomic E-state index is -0.490. The Bertz CT molecular complexity index is 400. The molecule has 0 aliphatic heterocycles. The summed E-state index contributed by atoms with van der Waals surface area (Å²) in [5, 5.41) is 0. The van der Waals surface area contributed by atoms with Gasteiger partial charge in [-0.15, -0.1) is 0 Å². The van der Waals surface area contributed by atoms with Gasteiger partial charge < -0.3 is 5.73 Å². The van der Waals surface area contributed by atoms with Gasteiger partial charge >= 0.3 is 0 Å². The van der Waals surface area contributed by atoms with Crippen molar-refractivity contribution in [3.8, 4) is 0 Å². The van der Waals surface area contributed by atoms with Crippen molar-refractivity contribution in [1.29, 1.82) is 0 Å². The third-order valence-corrected chi connectivity index (χ3v) is 2.52. The largest absolute Gasteiger partial charge is 0.321 e. The molecule has 0 aliphatic carbocycles. The minimum absolute atomic E-state index is 0.0607. The lowest BCUT2D eigenvalue weighted by Crippen LogP contribution is -2.40. The van der Waals surface area contributed by atoms with E-state index in [-0.39, 0.29) is 5.78 Å². The van der Waals surface area contributed by atoms with Crippen LogP contribution < -0.4 is 5.73 Å². The van der Waals surface area contributed by atoms with E-state index < -0.39 is 11.5 Å². The molecule has 2 N–H and O–H groups in total. The van der Waals surface area contributed by atoms with Gasteiger partial charge in [-0.25, -0.2) is 0 Å². The van der Waals surface area contributed by atoms with Crippen molar-refractivity contribution in [3.63, 3.8) is 0 Å². The van der Waals surface area contributed by atoms with Crippen LogP contribution in [0.2, 0.25) is 0 Å². The fraction of sp³-hybridized carbons (Fsp3) is 0.500. The average Bonchev–Trinajstić information content (AvgIpc) is 2.13. The molecule has 1 atom stereocenters. The molecule has 0 fully saturated rings. The number of ketones is 1. The Labute approximate surface area is 99.3 Å². The molecule has 0 bridgehead atoms. The molecule has 0 radical (unpaired) electrons. The zero-order chi connectivity index (χ0) is 13.2. The highest BCUT2D eigenvalue weighted by Gasteiger charge is 2.26. The smallest absolute Gasteiger partial charge is 0.155 e. The van der Waals surface area contributed by atoms with Gasteiger partial charge in [-0.2, -0.15) is 0 Å². The van der Waals surface area contributed by atoms with Crippen LogP contribution in [0.1, 0.15) is 33.3 Å². The van der Waals surface area contributed by atoms with Crippen LogP contribution in [-0.4, -0.2) is 11.8 Å². The number of aryl methyl sites for hydroxylation is 1. The summed E-state index contributed by atoms with van der Waals surface area (Å²) < 4.78 is 7.63. The Balaban J connectivity index is 2.81. The number of hydrogen-bond acceptors (Lipinski definition) is 2. The maximum atomic E-state index is 12.0. The lowest BCUT2D eigenvalue weighted by molar-refractivity contribution is -0.127. The maximum absolute atomic E-state index is 12.0. The van der Waals surface area contributed by atoms with Gasteiger partial charge in [0, 0.05) is 5.41 Å². The lowest BCUT2D eigenvalue weighted by atomic mass is 9.84. The molecule has 0 saturated carbocycles. The van der Waals surface area contributed by atoms with Crippen molar-refractivity contribution in [3.05, 3.63) is 35.4 Å². The normalized spacial score (nSPS) is 14.4. The second-order valence-corrected chi connectivity index (χ2v) is 5.34. The summed E-state index contributed by atoms with van der Waals surface area (Å²) in [6.45, 7) is 7.57. The van der Waals surface area contributed by atoms with Crippen LogP contribution >= 0.6 is 0 Å². The fourth-order valence-corrected chi connectivity index (χ4v) is 1.68. The Morgan fingerprint density at radius 1 is 1.50 bits per heavy atom. The van der Waals surface area contributed by atoms with Crippen molar-refractivity contribution in [1.82, 2.24) is 0 Å².